The van der Waals surface area contributed by atoms with E-state index in [1.165, 1.54) is 15.8 Å². The molecule has 1 amide bonds. The Morgan fingerprint density at radius 3 is 2.73 bits per heavy atom. The molecule has 0 saturated heterocycles. The number of carbonyl (C=O) groups excluding carboxylic acids is 1. The third kappa shape index (κ3) is 3.70. The summed E-state index contributed by atoms with van der Waals surface area (Å²) in [5.74, 6) is 0.641. The monoisotopic (exact) mass is 353 g/mol. The molecular weight excluding hydrogens is 334 g/mol. The van der Waals surface area contributed by atoms with Crippen molar-refractivity contribution in [1.29, 1.82) is 0 Å². The predicted octanol–water partition coefficient (Wildman–Crippen LogP) is 1.77. The van der Waals surface area contributed by atoms with Crippen LogP contribution in [-0.2, 0) is 4.79 Å². The number of furan rings is 1. The molecule has 1 aromatic carbocycles. The molecule has 8 heteroatoms. The van der Waals surface area contributed by atoms with Gasteiger partial charge < -0.3 is 14.4 Å². The first-order valence-corrected chi connectivity index (χ1v) is 8.24. The van der Waals surface area contributed by atoms with Crippen molar-refractivity contribution in [2.75, 3.05) is 19.7 Å². The van der Waals surface area contributed by atoms with Gasteiger partial charge in [-0.1, -0.05) is 30.3 Å². The Kier molecular flexibility index (Phi) is 5.55. The van der Waals surface area contributed by atoms with Gasteiger partial charge in [-0.15, -0.1) is 5.10 Å². The molecule has 134 valence electrons. The average molecular weight is 353 g/mol. The van der Waals surface area contributed by atoms with Crippen molar-refractivity contribution >= 4 is 17.7 Å². The third-order valence-electron chi connectivity index (χ3n) is 3.81. The molecule has 2 aromatic heterocycles. The number of nitrogens with zero attached hydrogens (tertiary/aromatic N) is 5. The molecule has 0 spiro atoms. The first-order chi connectivity index (χ1) is 12.7. The molecule has 26 heavy (non-hydrogen) atoms. The van der Waals surface area contributed by atoms with Crippen LogP contribution in [0.2, 0.25) is 0 Å². The van der Waals surface area contributed by atoms with Gasteiger partial charge in [-0.2, -0.15) is 4.68 Å². The number of hydrogen-bond donors (Lipinski definition) is 1. The SMILES string of the molecule is CCN(CCO)C(=O)/C(=C/c1ccco1)n1nnnc1-c1ccccc1. The number of benzene rings is 1. The van der Waals surface area contributed by atoms with Crippen LogP contribution in [0.1, 0.15) is 12.7 Å². The number of tetrazole rings is 1. The van der Waals surface area contributed by atoms with Gasteiger partial charge in [-0.3, -0.25) is 4.79 Å². The van der Waals surface area contributed by atoms with Crippen molar-refractivity contribution in [1.82, 2.24) is 25.1 Å². The Hall–Kier alpha value is -3.26. The third-order valence-corrected chi connectivity index (χ3v) is 3.81. The molecule has 3 rings (SSSR count). The minimum Gasteiger partial charge on any atom is -0.465 e. The largest absolute Gasteiger partial charge is 0.465 e. The molecule has 2 heterocycles. The molecule has 0 aliphatic heterocycles. The van der Waals surface area contributed by atoms with Gasteiger partial charge in [0.2, 0.25) is 0 Å². The van der Waals surface area contributed by atoms with E-state index < -0.39 is 0 Å². The predicted molar refractivity (Wildman–Crippen MR) is 95.5 cm³/mol. The summed E-state index contributed by atoms with van der Waals surface area (Å²) in [4.78, 5) is 14.6. The van der Waals surface area contributed by atoms with Gasteiger partial charge in [0.1, 0.15) is 11.5 Å². The molecule has 0 fully saturated rings. The summed E-state index contributed by atoms with van der Waals surface area (Å²) < 4.78 is 6.74. The molecule has 8 nitrogen and oxygen atoms in total. The van der Waals surface area contributed by atoms with E-state index in [0.29, 0.717) is 18.1 Å². The molecule has 1 N–H and O–H groups in total. The molecule has 0 radical (unpaired) electrons. The maximum atomic E-state index is 13.1. The summed E-state index contributed by atoms with van der Waals surface area (Å²) in [5, 5.41) is 21.0. The molecule has 3 aromatic rings. The van der Waals surface area contributed by atoms with Gasteiger partial charge in [-0.05, 0) is 29.5 Å². The van der Waals surface area contributed by atoms with E-state index in [0.717, 1.165) is 5.56 Å². The average Bonchev–Trinajstić information content (AvgIpc) is 3.36. The smallest absolute Gasteiger partial charge is 0.272 e. The number of hydrogen-bond acceptors (Lipinski definition) is 6. The zero-order valence-electron chi connectivity index (χ0n) is 14.3. The first-order valence-electron chi connectivity index (χ1n) is 8.24. The zero-order chi connectivity index (χ0) is 18.4. The minimum absolute atomic E-state index is 0.130. The summed E-state index contributed by atoms with van der Waals surface area (Å²) in [5.41, 5.74) is 1.01. The van der Waals surface area contributed by atoms with Gasteiger partial charge >= 0.3 is 0 Å². The minimum atomic E-state index is -0.303. The highest BCUT2D eigenvalue weighted by molar-refractivity contribution is 6.18. The van der Waals surface area contributed by atoms with E-state index in [4.69, 9.17) is 4.42 Å². The van der Waals surface area contributed by atoms with Crippen LogP contribution in [0.3, 0.4) is 0 Å². The van der Waals surface area contributed by atoms with E-state index in [1.807, 2.05) is 37.3 Å². The molecule has 0 aliphatic rings. The van der Waals surface area contributed by atoms with Crippen LogP contribution in [0.25, 0.3) is 23.2 Å². The lowest BCUT2D eigenvalue weighted by Crippen LogP contribution is -2.35. The number of aromatic nitrogens is 4. The fraction of sp³-hybridized carbons (Fsp3) is 0.222. The van der Waals surface area contributed by atoms with E-state index >= 15 is 0 Å². The lowest BCUT2D eigenvalue weighted by atomic mass is 10.2. The first kappa shape index (κ1) is 17.6. The van der Waals surface area contributed by atoms with Crippen molar-refractivity contribution < 1.29 is 14.3 Å². The van der Waals surface area contributed by atoms with Crippen LogP contribution in [0.5, 0.6) is 0 Å². The van der Waals surface area contributed by atoms with Crippen molar-refractivity contribution in [3.05, 3.63) is 54.5 Å². The van der Waals surface area contributed by atoms with Crippen LogP contribution in [0.15, 0.2) is 53.1 Å². The van der Waals surface area contributed by atoms with Gasteiger partial charge in [0.25, 0.3) is 5.91 Å². The second-order valence-corrected chi connectivity index (χ2v) is 5.43. The van der Waals surface area contributed by atoms with Crippen molar-refractivity contribution in [2.24, 2.45) is 0 Å². The summed E-state index contributed by atoms with van der Waals surface area (Å²) in [6.07, 6.45) is 3.11. The normalized spacial score (nSPS) is 11.5. The quantitative estimate of drug-likeness (QED) is 0.650. The Labute approximate surface area is 150 Å². The number of likely N-dealkylation sites (N-methyl/N-ethyl adjacent to an activating group) is 1. The van der Waals surface area contributed by atoms with Gasteiger partial charge in [0.05, 0.1) is 12.9 Å². The van der Waals surface area contributed by atoms with E-state index in [-0.39, 0.29) is 24.8 Å². The lowest BCUT2D eigenvalue weighted by molar-refractivity contribution is -0.125. The Morgan fingerprint density at radius 2 is 2.08 bits per heavy atom. The molecule has 0 bridgehead atoms. The second kappa shape index (κ2) is 8.21. The number of carbonyl (C=O) groups is 1. The maximum absolute atomic E-state index is 13.1. The standard InChI is InChI=1S/C18H19N5O3/c1-2-22(10-11-24)18(25)16(13-15-9-6-12-26-15)23-17(19-20-21-23)14-7-4-3-5-8-14/h3-9,12-13,24H,2,10-11H2,1H3/b16-13-. The van der Waals surface area contributed by atoms with E-state index in [9.17, 15) is 9.90 Å². The van der Waals surface area contributed by atoms with Crippen LogP contribution in [-0.4, -0.2) is 55.8 Å². The molecular formula is C18H19N5O3. The molecule has 0 saturated carbocycles. The summed E-state index contributed by atoms with van der Waals surface area (Å²) in [6, 6.07) is 12.8. The number of aliphatic hydroxyl groups excluding tert-OH is 1. The molecule has 0 aliphatic carbocycles. The van der Waals surface area contributed by atoms with E-state index in [2.05, 4.69) is 15.5 Å². The highest BCUT2D eigenvalue weighted by atomic mass is 16.3. The summed E-state index contributed by atoms with van der Waals surface area (Å²) in [6.45, 7) is 2.37. The Morgan fingerprint density at radius 1 is 1.27 bits per heavy atom. The fourth-order valence-electron chi connectivity index (χ4n) is 2.52. The topological polar surface area (TPSA) is 97.3 Å². The Balaban J connectivity index is 2.08. The highest BCUT2D eigenvalue weighted by Gasteiger charge is 2.23. The van der Waals surface area contributed by atoms with Crippen LogP contribution in [0, 0.1) is 0 Å². The number of amides is 1. The Bertz CT molecular complexity index is 871. The van der Waals surface area contributed by atoms with Crippen LogP contribution in [0.4, 0.5) is 0 Å². The zero-order valence-corrected chi connectivity index (χ0v) is 14.3. The van der Waals surface area contributed by atoms with Crippen molar-refractivity contribution in [3.63, 3.8) is 0 Å². The van der Waals surface area contributed by atoms with Crippen LogP contribution >= 0.6 is 0 Å². The second-order valence-electron chi connectivity index (χ2n) is 5.43. The lowest BCUT2D eigenvalue weighted by Gasteiger charge is -2.21. The van der Waals surface area contributed by atoms with Gasteiger partial charge in [0.15, 0.2) is 5.82 Å². The summed E-state index contributed by atoms with van der Waals surface area (Å²) in [7, 11) is 0. The number of rotatable bonds is 7. The van der Waals surface area contributed by atoms with Crippen molar-refractivity contribution in [2.45, 2.75) is 6.92 Å². The maximum Gasteiger partial charge on any atom is 0.272 e. The molecule has 0 unspecified atom stereocenters. The van der Waals surface area contributed by atoms with E-state index in [1.54, 1.807) is 18.2 Å². The highest BCUT2D eigenvalue weighted by Crippen LogP contribution is 2.21. The summed E-state index contributed by atoms with van der Waals surface area (Å²) >= 11 is 0. The van der Waals surface area contributed by atoms with Crippen LogP contribution < -0.4 is 0 Å². The van der Waals surface area contributed by atoms with Crippen molar-refractivity contribution in [3.8, 4) is 11.4 Å². The van der Waals surface area contributed by atoms with Gasteiger partial charge in [0, 0.05) is 24.7 Å². The number of aliphatic hydroxyl groups is 1. The van der Waals surface area contributed by atoms with Gasteiger partial charge in [-0.25, -0.2) is 0 Å². The molecule has 0 atom stereocenters. The fourth-order valence-corrected chi connectivity index (χ4v) is 2.52.